The van der Waals surface area contributed by atoms with Gasteiger partial charge in [-0.15, -0.1) is 0 Å². The van der Waals surface area contributed by atoms with E-state index in [-0.39, 0.29) is 0 Å². The van der Waals surface area contributed by atoms with Gasteiger partial charge >= 0.3 is 47.9 Å². The average molecular weight is 858 g/mol. The van der Waals surface area contributed by atoms with Crippen LogP contribution in [0, 0.1) is 0 Å². The summed E-state index contributed by atoms with van der Waals surface area (Å²) >= 11 is 10.0. The van der Waals surface area contributed by atoms with Gasteiger partial charge in [-0.05, 0) is 23.3 Å². The van der Waals surface area contributed by atoms with E-state index in [0.717, 1.165) is 0 Å². The van der Waals surface area contributed by atoms with Crippen LogP contribution in [0.2, 0.25) is 0 Å². The lowest BCUT2D eigenvalue weighted by Gasteiger charge is -2.38. The summed E-state index contributed by atoms with van der Waals surface area (Å²) in [5.41, 5.74) is -9.21. The van der Waals surface area contributed by atoms with Crippen LogP contribution in [-0.4, -0.2) is 36.0 Å². The van der Waals surface area contributed by atoms with Gasteiger partial charge in [0.2, 0.25) is 0 Å². The van der Waals surface area contributed by atoms with E-state index in [0.29, 0.717) is 0 Å². The topological polar surface area (TPSA) is 0 Å². The van der Waals surface area contributed by atoms with E-state index in [1.165, 1.54) is 0 Å². The van der Waals surface area contributed by atoms with Crippen molar-refractivity contribution in [2.45, 2.75) is 55.4 Å². The smallest absolute Gasteiger partial charge is 0.194 e. The maximum absolute atomic E-state index is 14.7. The van der Waals surface area contributed by atoms with E-state index in [4.69, 9.17) is 0 Å². The second-order valence-corrected chi connectivity index (χ2v) is 13.2. The number of alkyl halides is 22. The molecule has 0 atom stereocenters. The fourth-order valence-electron chi connectivity index (χ4n) is 2.62. The molecule has 0 saturated carbocycles. The quantitative estimate of drug-likeness (QED) is 0.181. The molecule has 0 heterocycles. The molecule has 1 aromatic rings. The molecule has 0 aliphatic rings. The Balaban J connectivity index is 4.35. The van der Waals surface area contributed by atoms with Gasteiger partial charge in [0, 0.05) is 11.1 Å². The summed E-state index contributed by atoms with van der Waals surface area (Å²) in [6.07, 6.45) is -15.0. The lowest BCUT2D eigenvalue weighted by molar-refractivity contribution is -0.404. The number of halogens is 22. The van der Waals surface area contributed by atoms with Crippen molar-refractivity contribution in [3.63, 3.8) is 0 Å². The highest BCUT2D eigenvalue weighted by atomic mass is 79.9. The Morgan fingerprint density at radius 3 is 0.763 bits per heavy atom. The molecule has 222 valence electrons. The fourth-order valence-corrected chi connectivity index (χ4v) is 4.21. The zero-order valence-corrected chi connectivity index (χ0v) is 23.0. The molecule has 0 N–H and O–H groups in total. The van der Waals surface area contributed by atoms with E-state index < -0.39 is 89.7 Å². The zero-order chi connectivity index (χ0) is 30.9. The van der Waals surface area contributed by atoms with Gasteiger partial charge in [-0.2, -0.15) is 79.0 Å². The van der Waals surface area contributed by atoms with Crippen molar-refractivity contribution in [1.29, 1.82) is 0 Å². The van der Waals surface area contributed by atoms with Crippen molar-refractivity contribution >= 4 is 63.7 Å². The predicted molar refractivity (Wildman–Crippen MR) is 107 cm³/mol. The van der Waals surface area contributed by atoms with Crippen LogP contribution in [0.25, 0.3) is 0 Å². The molecular weight excluding hydrogens is 854 g/mol. The minimum absolute atomic E-state index is 0.773. The van der Waals surface area contributed by atoms with E-state index in [1.807, 2.05) is 0 Å². The third-order valence-electron chi connectivity index (χ3n) is 4.66. The average Bonchev–Trinajstić information content (AvgIpc) is 2.70. The van der Waals surface area contributed by atoms with Gasteiger partial charge in [0.25, 0.3) is 0 Å². The van der Waals surface area contributed by atoms with E-state index in [2.05, 4.69) is 63.7 Å². The van der Waals surface area contributed by atoms with Crippen molar-refractivity contribution in [2.24, 2.45) is 0 Å². The highest BCUT2D eigenvalue weighted by molar-refractivity contribution is 9.24. The lowest BCUT2D eigenvalue weighted by atomic mass is 9.85. The van der Waals surface area contributed by atoms with Gasteiger partial charge in [0.15, 0.2) is 0 Å². The van der Waals surface area contributed by atoms with E-state index in [9.17, 15) is 79.0 Å². The molecule has 0 spiro atoms. The fraction of sp³-hybridized carbons (Fsp3) is 0.625. The van der Waals surface area contributed by atoms with Gasteiger partial charge in [-0.1, -0.05) is 63.7 Å². The maximum atomic E-state index is 14.7. The summed E-state index contributed by atoms with van der Waals surface area (Å²) in [7, 11) is 0. The van der Waals surface area contributed by atoms with Crippen LogP contribution in [0.15, 0.2) is 12.1 Å². The molecular formula is C16H4Br4F18. The SMILES string of the molecule is FC(F)(F)C(F)(F)C(F)(F)C(F)(F)c1cc(C(Br)Br)c(C(Br)Br)cc1C(F)(F)C(F)(F)C(F)(F)C(F)(F)F. The van der Waals surface area contributed by atoms with Gasteiger partial charge in [-0.25, -0.2) is 0 Å². The first-order valence-corrected chi connectivity index (χ1v) is 12.2. The third-order valence-corrected chi connectivity index (χ3v) is 6.63. The molecule has 0 aliphatic heterocycles. The minimum atomic E-state index is -7.79. The molecule has 0 aromatic heterocycles. The van der Waals surface area contributed by atoms with Crippen molar-refractivity contribution < 1.29 is 79.0 Å². The van der Waals surface area contributed by atoms with Gasteiger partial charge in [0.1, 0.15) is 0 Å². The summed E-state index contributed by atoms with van der Waals surface area (Å²) in [6, 6.07) is -1.55. The summed E-state index contributed by atoms with van der Waals surface area (Å²) in [4.78, 5) is 0. The van der Waals surface area contributed by atoms with Crippen LogP contribution >= 0.6 is 63.7 Å². The Kier molecular flexibility index (Phi) is 9.74. The van der Waals surface area contributed by atoms with Gasteiger partial charge < -0.3 is 0 Å². The summed E-state index contributed by atoms with van der Waals surface area (Å²) in [6.45, 7) is 0. The second kappa shape index (κ2) is 10.3. The maximum Gasteiger partial charge on any atom is 0.460 e. The van der Waals surface area contributed by atoms with Crippen LogP contribution in [0.1, 0.15) is 29.7 Å². The van der Waals surface area contributed by atoms with Gasteiger partial charge in [0.05, 0.1) is 7.47 Å². The Labute approximate surface area is 232 Å². The molecule has 0 amide bonds. The number of hydrogen-bond donors (Lipinski definition) is 0. The molecule has 0 aliphatic carbocycles. The van der Waals surface area contributed by atoms with Crippen LogP contribution < -0.4 is 0 Å². The first-order chi connectivity index (χ1) is 16.4. The molecule has 0 unspecified atom stereocenters. The standard InChI is InChI=1S/C16H4Br4F18/c17-7(18)3-1-5(9(21,22)11(25,26)13(29,30)15(33,34)35)6(2-4(3)8(19)20)10(23,24)12(27,28)14(31,32)16(36,37)38/h1-2,7-8H. The molecule has 38 heavy (non-hydrogen) atoms. The number of rotatable bonds is 8. The Hall–Kier alpha value is -0.120. The molecule has 0 bridgehead atoms. The third kappa shape index (κ3) is 5.40. The summed E-state index contributed by atoms with van der Waals surface area (Å²) < 4.78 is 240. The molecule has 0 fully saturated rings. The summed E-state index contributed by atoms with van der Waals surface area (Å²) in [5, 5.41) is 0. The number of benzene rings is 1. The number of hydrogen-bond acceptors (Lipinski definition) is 0. The van der Waals surface area contributed by atoms with Crippen LogP contribution in [0.4, 0.5) is 79.0 Å². The Morgan fingerprint density at radius 1 is 0.395 bits per heavy atom. The molecule has 22 heteroatoms. The second-order valence-electron chi connectivity index (χ2n) is 7.07. The normalized spacial score (nSPS) is 15.6. The van der Waals surface area contributed by atoms with Gasteiger partial charge in [-0.3, -0.25) is 0 Å². The van der Waals surface area contributed by atoms with Crippen molar-refractivity contribution in [3.05, 3.63) is 34.4 Å². The first-order valence-electron chi connectivity index (χ1n) is 8.51. The monoisotopic (exact) mass is 854 g/mol. The van der Waals surface area contributed by atoms with Crippen LogP contribution in [0.3, 0.4) is 0 Å². The predicted octanol–water partition coefficient (Wildman–Crippen LogP) is 11.1. The molecule has 0 radical (unpaired) electrons. The Morgan fingerprint density at radius 2 is 0.605 bits per heavy atom. The highest BCUT2D eigenvalue weighted by Crippen LogP contribution is 2.62. The Bertz CT molecular complexity index is 943. The zero-order valence-electron chi connectivity index (χ0n) is 16.6. The first kappa shape index (κ1) is 35.9. The minimum Gasteiger partial charge on any atom is -0.194 e. The van der Waals surface area contributed by atoms with E-state index >= 15 is 0 Å². The van der Waals surface area contributed by atoms with Crippen molar-refractivity contribution in [1.82, 2.24) is 0 Å². The van der Waals surface area contributed by atoms with E-state index in [1.54, 1.807) is 0 Å². The molecule has 0 nitrogen and oxygen atoms in total. The highest BCUT2D eigenvalue weighted by Gasteiger charge is 2.85. The lowest BCUT2D eigenvalue weighted by Crippen LogP contribution is -2.61. The molecule has 1 rings (SSSR count). The van der Waals surface area contributed by atoms with Crippen molar-refractivity contribution in [3.8, 4) is 0 Å². The van der Waals surface area contributed by atoms with Crippen LogP contribution in [-0.2, 0) is 11.8 Å². The summed E-state index contributed by atoms with van der Waals surface area (Å²) in [5.74, 6) is -45.7. The largest absolute Gasteiger partial charge is 0.460 e. The molecule has 1 aromatic carbocycles. The van der Waals surface area contributed by atoms with Crippen molar-refractivity contribution in [2.75, 3.05) is 0 Å². The van der Waals surface area contributed by atoms with Crippen LogP contribution in [0.5, 0.6) is 0 Å². The molecule has 0 saturated heterocycles.